The molecule has 0 saturated carbocycles. The van der Waals surface area contributed by atoms with E-state index in [2.05, 4.69) is 15.1 Å². The predicted octanol–water partition coefficient (Wildman–Crippen LogP) is 0.585. The number of carbonyl (C=O) groups is 1. The Morgan fingerprint density at radius 3 is 2.58 bits per heavy atom. The average molecular weight is 339 g/mol. The molecule has 7 heteroatoms. The van der Waals surface area contributed by atoms with Gasteiger partial charge in [0.05, 0.1) is 13.2 Å². The van der Waals surface area contributed by atoms with Crippen molar-refractivity contribution < 1.29 is 18.7 Å². The molecule has 134 valence electrons. The van der Waals surface area contributed by atoms with Gasteiger partial charge in [-0.3, -0.25) is 14.6 Å². The third-order valence-electron chi connectivity index (χ3n) is 3.96. The largest absolute Gasteiger partial charge is 0.489 e. The van der Waals surface area contributed by atoms with Crippen LogP contribution in [0.15, 0.2) is 24.3 Å². The van der Waals surface area contributed by atoms with Crippen molar-refractivity contribution in [2.45, 2.75) is 0 Å². The van der Waals surface area contributed by atoms with Crippen LogP contribution in [0.3, 0.4) is 0 Å². The van der Waals surface area contributed by atoms with Crippen LogP contribution in [0.5, 0.6) is 5.75 Å². The quantitative estimate of drug-likeness (QED) is 0.667. The molecule has 1 aromatic carbocycles. The third-order valence-corrected chi connectivity index (χ3v) is 3.96. The predicted molar refractivity (Wildman–Crippen MR) is 89.7 cm³/mol. The number of amides is 1. The van der Waals surface area contributed by atoms with E-state index < -0.39 is 0 Å². The molecule has 0 unspecified atom stereocenters. The Balaban J connectivity index is 1.59. The standard InChI is InChI=1S/C17H26FN3O3/c1-23-12-6-19-17(22)14-21-9-7-20(8-10-21)11-13-24-16-5-3-2-4-15(16)18/h2-5H,6-14H2,1H3,(H,19,22). The highest BCUT2D eigenvalue weighted by atomic mass is 19.1. The Labute approximate surface area is 142 Å². The lowest BCUT2D eigenvalue weighted by atomic mass is 10.3. The summed E-state index contributed by atoms with van der Waals surface area (Å²) in [4.78, 5) is 16.2. The molecule has 0 spiro atoms. The van der Waals surface area contributed by atoms with E-state index >= 15 is 0 Å². The van der Waals surface area contributed by atoms with Gasteiger partial charge in [-0.1, -0.05) is 12.1 Å². The molecule has 1 aliphatic heterocycles. The van der Waals surface area contributed by atoms with Gasteiger partial charge in [0.1, 0.15) is 6.61 Å². The number of para-hydroxylation sites is 1. The molecule has 2 rings (SSSR count). The number of hydrogen-bond acceptors (Lipinski definition) is 5. The zero-order chi connectivity index (χ0) is 17.2. The molecule has 0 aromatic heterocycles. The zero-order valence-corrected chi connectivity index (χ0v) is 14.2. The summed E-state index contributed by atoms with van der Waals surface area (Å²) < 4.78 is 23.8. The number of carbonyl (C=O) groups excluding carboxylic acids is 1. The minimum Gasteiger partial charge on any atom is -0.489 e. The van der Waals surface area contributed by atoms with E-state index in [4.69, 9.17) is 9.47 Å². The molecule has 0 bridgehead atoms. The number of halogens is 1. The summed E-state index contributed by atoms with van der Waals surface area (Å²) in [5.41, 5.74) is 0. The lowest BCUT2D eigenvalue weighted by Crippen LogP contribution is -2.50. The molecule has 1 aromatic rings. The first kappa shape index (κ1) is 18.6. The summed E-state index contributed by atoms with van der Waals surface area (Å²) >= 11 is 0. The van der Waals surface area contributed by atoms with Crippen LogP contribution < -0.4 is 10.1 Å². The number of rotatable bonds is 9. The van der Waals surface area contributed by atoms with E-state index in [1.807, 2.05) is 0 Å². The summed E-state index contributed by atoms with van der Waals surface area (Å²) in [5, 5.41) is 2.83. The normalized spacial score (nSPS) is 16.1. The summed E-state index contributed by atoms with van der Waals surface area (Å²) in [6, 6.07) is 6.43. The second kappa shape index (κ2) is 10.2. The van der Waals surface area contributed by atoms with E-state index in [1.54, 1.807) is 25.3 Å². The maximum Gasteiger partial charge on any atom is 0.234 e. The van der Waals surface area contributed by atoms with Crippen LogP contribution in [-0.4, -0.2) is 81.8 Å². The number of ether oxygens (including phenoxy) is 2. The zero-order valence-electron chi connectivity index (χ0n) is 14.2. The number of nitrogens with one attached hydrogen (secondary N) is 1. The monoisotopic (exact) mass is 339 g/mol. The van der Waals surface area contributed by atoms with Crippen LogP contribution in [0.25, 0.3) is 0 Å². The Bertz CT molecular complexity index is 508. The first-order chi connectivity index (χ1) is 11.7. The SMILES string of the molecule is COCCNC(=O)CN1CCN(CCOc2ccccc2F)CC1. The number of hydrogen-bond donors (Lipinski definition) is 1. The van der Waals surface area contributed by atoms with Crippen LogP contribution in [0, 0.1) is 5.82 Å². The van der Waals surface area contributed by atoms with Crippen molar-refractivity contribution >= 4 is 5.91 Å². The molecule has 0 radical (unpaired) electrons. The Kier molecular flexibility index (Phi) is 7.94. The van der Waals surface area contributed by atoms with Crippen LogP contribution >= 0.6 is 0 Å². The van der Waals surface area contributed by atoms with Crippen molar-refractivity contribution in [1.82, 2.24) is 15.1 Å². The first-order valence-electron chi connectivity index (χ1n) is 8.26. The highest BCUT2D eigenvalue weighted by Gasteiger charge is 2.18. The summed E-state index contributed by atoms with van der Waals surface area (Å²) in [5.74, 6) is -0.00550. The fourth-order valence-corrected chi connectivity index (χ4v) is 2.57. The van der Waals surface area contributed by atoms with Gasteiger partial charge in [0, 0.05) is 46.4 Å². The molecule has 1 fully saturated rings. The fourth-order valence-electron chi connectivity index (χ4n) is 2.57. The molecule has 24 heavy (non-hydrogen) atoms. The lowest BCUT2D eigenvalue weighted by Gasteiger charge is -2.34. The van der Waals surface area contributed by atoms with E-state index in [9.17, 15) is 9.18 Å². The number of methoxy groups -OCH3 is 1. The van der Waals surface area contributed by atoms with Gasteiger partial charge in [-0.15, -0.1) is 0 Å². The van der Waals surface area contributed by atoms with E-state index in [0.29, 0.717) is 32.1 Å². The third kappa shape index (κ3) is 6.43. The van der Waals surface area contributed by atoms with Gasteiger partial charge < -0.3 is 14.8 Å². The van der Waals surface area contributed by atoms with Crippen LogP contribution in [0.2, 0.25) is 0 Å². The highest BCUT2D eigenvalue weighted by Crippen LogP contribution is 2.15. The summed E-state index contributed by atoms with van der Waals surface area (Å²) in [6.07, 6.45) is 0. The van der Waals surface area contributed by atoms with Crippen molar-refractivity contribution in [3.8, 4) is 5.75 Å². The van der Waals surface area contributed by atoms with Crippen molar-refractivity contribution in [2.75, 3.05) is 66.1 Å². The van der Waals surface area contributed by atoms with Gasteiger partial charge in [-0.2, -0.15) is 0 Å². The van der Waals surface area contributed by atoms with Gasteiger partial charge in [0.15, 0.2) is 11.6 Å². The molecule has 1 aliphatic rings. The van der Waals surface area contributed by atoms with Gasteiger partial charge in [0.25, 0.3) is 0 Å². The smallest absolute Gasteiger partial charge is 0.234 e. The molecule has 1 N–H and O–H groups in total. The number of benzene rings is 1. The minimum absolute atomic E-state index is 0.0309. The maximum atomic E-state index is 13.4. The molecule has 0 aliphatic carbocycles. The second-order valence-electron chi connectivity index (χ2n) is 5.74. The average Bonchev–Trinajstić information content (AvgIpc) is 2.58. The van der Waals surface area contributed by atoms with Crippen molar-refractivity contribution in [1.29, 1.82) is 0 Å². The fraction of sp³-hybridized carbons (Fsp3) is 0.588. The van der Waals surface area contributed by atoms with Crippen LogP contribution in [-0.2, 0) is 9.53 Å². The van der Waals surface area contributed by atoms with Gasteiger partial charge in [-0.05, 0) is 12.1 Å². The Morgan fingerprint density at radius 1 is 1.17 bits per heavy atom. The van der Waals surface area contributed by atoms with E-state index in [1.165, 1.54) is 6.07 Å². The first-order valence-corrected chi connectivity index (χ1v) is 8.26. The van der Waals surface area contributed by atoms with Gasteiger partial charge >= 0.3 is 0 Å². The molecular formula is C17H26FN3O3. The Hall–Kier alpha value is -1.70. The van der Waals surface area contributed by atoms with Gasteiger partial charge in [-0.25, -0.2) is 4.39 Å². The van der Waals surface area contributed by atoms with Crippen molar-refractivity contribution in [2.24, 2.45) is 0 Å². The topological polar surface area (TPSA) is 54.0 Å². The van der Waals surface area contributed by atoms with E-state index in [-0.39, 0.29) is 11.7 Å². The van der Waals surface area contributed by atoms with Crippen molar-refractivity contribution in [3.63, 3.8) is 0 Å². The van der Waals surface area contributed by atoms with E-state index in [0.717, 1.165) is 32.7 Å². The molecule has 1 amide bonds. The van der Waals surface area contributed by atoms with Crippen LogP contribution in [0.4, 0.5) is 4.39 Å². The summed E-state index contributed by atoms with van der Waals surface area (Å²) in [7, 11) is 1.61. The highest BCUT2D eigenvalue weighted by molar-refractivity contribution is 5.77. The molecule has 0 atom stereocenters. The summed E-state index contributed by atoms with van der Waals surface area (Å²) in [6.45, 7) is 6.15. The molecule has 1 heterocycles. The molecule has 1 saturated heterocycles. The van der Waals surface area contributed by atoms with Crippen molar-refractivity contribution in [3.05, 3.63) is 30.1 Å². The van der Waals surface area contributed by atoms with Crippen LogP contribution in [0.1, 0.15) is 0 Å². The second-order valence-corrected chi connectivity index (χ2v) is 5.74. The Morgan fingerprint density at radius 2 is 1.88 bits per heavy atom. The number of piperazine rings is 1. The lowest BCUT2D eigenvalue weighted by molar-refractivity contribution is -0.122. The maximum absolute atomic E-state index is 13.4. The minimum atomic E-state index is -0.332. The molecule has 6 nitrogen and oxygen atoms in total. The molecular weight excluding hydrogens is 313 g/mol. The van der Waals surface area contributed by atoms with Gasteiger partial charge in [0.2, 0.25) is 5.91 Å². The number of nitrogens with zero attached hydrogens (tertiary/aromatic N) is 2.